The molecule has 1 aromatic rings. The average molecular weight is 319 g/mol. The van der Waals surface area contributed by atoms with Crippen molar-refractivity contribution < 1.29 is 4.79 Å². The van der Waals surface area contributed by atoms with Gasteiger partial charge >= 0.3 is 0 Å². The second-order valence-corrected chi connectivity index (χ2v) is 5.85. The fourth-order valence-electron chi connectivity index (χ4n) is 1.65. The standard InChI is InChI=1S/C13H16Cl2N2OS/c1-8(2)17(7-12(16)19)13(18)6-9-3-4-10(14)11(15)5-9/h3-5,8H,6-7H2,1-2H3,(H2,16,19). The van der Waals surface area contributed by atoms with Gasteiger partial charge in [-0.25, -0.2) is 0 Å². The number of nitrogens with two attached hydrogens (primary N) is 1. The van der Waals surface area contributed by atoms with E-state index in [0.717, 1.165) is 5.56 Å². The zero-order chi connectivity index (χ0) is 14.6. The van der Waals surface area contributed by atoms with E-state index >= 15 is 0 Å². The average Bonchev–Trinajstić information content (AvgIpc) is 2.30. The van der Waals surface area contributed by atoms with Crippen LogP contribution in [0.3, 0.4) is 0 Å². The van der Waals surface area contributed by atoms with Gasteiger partial charge in [0.2, 0.25) is 5.91 Å². The van der Waals surface area contributed by atoms with Crippen molar-refractivity contribution in [2.45, 2.75) is 26.3 Å². The first-order chi connectivity index (χ1) is 8.81. The Bertz CT molecular complexity index is 492. The van der Waals surface area contributed by atoms with Crippen molar-refractivity contribution in [3.05, 3.63) is 33.8 Å². The van der Waals surface area contributed by atoms with E-state index in [4.69, 9.17) is 41.2 Å². The molecule has 1 amide bonds. The Hall–Kier alpha value is -0.840. The second-order valence-electron chi connectivity index (χ2n) is 4.51. The van der Waals surface area contributed by atoms with E-state index in [1.54, 1.807) is 23.1 Å². The van der Waals surface area contributed by atoms with Gasteiger partial charge in [-0.3, -0.25) is 4.79 Å². The minimum Gasteiger partial charge on any atom is -0.392 e. The maximum atomic E-state index is 12.2. The Morgan fingerprint density at radius 1 is 1.37 bits per heavy atom. The van der Waals surface area contributed by atoms with Gasteiger partial charge in [0.05, 0.1) is 28.0 Å². The van der Waals surface area contributed by atoms with Gasteiger partial charge in [0.25, 0.3) is 0 Å². The Kier molecular flexibility index (Phi) is 6.04. The minimum atomic E-state index is -0.0406. The number of amides is 1. The number of thiocarbonyl (C=S) groups is 1. The highest BCUT2D eigenvalue weighted by Gasteiger charge is 2.18. The maximum absolute atomic E-state index is 12.2. The zero-order valence-corrected chi connectivity index (χ0v) is 13.1. The van der Waals surface area contributed by atoms with Crippen LogP contribution in [-0.2, 0) is 11.2 Å². The summed E-state index contributed by atoms with van der Waals surface area (Å²) in [5.74, 6) is -0.0406. The predicted molar refractivity (Wildman–Crippen MR) is 83.8 cm³/mol. The first kappa shape index (κ1) is 16.2. The summed E-state index contributed by atoms with van der Waals surface area (Å²) in [6.45, 7) is 4.13. The maximum Gasteiger partial charge on any atom is 0.227 e. The lowest BCUT2D eigenvalue weighted by molar-refractivity contribution is -0.131. The number of rotatable bonds is 5. The number of benzene rings is 1. The molecule has 0 saturated heterocycles. The minimum absolute atomic E-state index is 0.0387. The third-order valence-electron chi connectivity index (χ3n) is 2.61. The van der Waals surface area contributed by atoms with Crippen molar-refractivity contribution in [2.75, 3.05) is 6.54 Å². The summed E-state index contributed by atoms with van der Waals surface area (Å²) < 4.78 is 0. The summed E-state index contributed by atoms with van der Waals surface area (Å²) in [6, 6.07) is 5.20. The van der Waals surface area contributed by atoms with Crippen LogP contribution in [-0.4, -0.2) is 28.4 Å². The van der Waals surface area contributed by atoms with Crippen molar-refractivity contribution in [2.24, 2.45) is 5.73 Å². The highest BCUT2D eigenvalue weighted by Crippen LogP contribution is 2.23. The van der Waals surface area contributed by atoms with Gasteiger partial charge in [0.1, 0.15) is 0 Å². The molecule has 1 rings (SSSR count). The molecule has 0 saturated carbocycles. The topological polar surface area (TPSA) is 46.3 Å². The van der Waals surface area contributed by atoms with Gasteiger partial charge in [-0.1, -0.05) is 41.5 Å². The second kappa shape index (κ2) is 7.08. The van der Waals surface area contributed by atoms with E-state index in [9.17, 15) is 4.79 Å². The van der Waals surface area contributed by atoms with Gasteiger partial charge in [-0.15, -0.1) is 0 Å². The molecule has 0 aliphatic heterocycles. The fraction of sp³-hybridized carbons (Fsp3) is 0.385. The van der Waals surface area contributed by atoms with Crippen LogP contribution in [0, 0.1) is 0 Å². The lowest BCUT2D eigenvalue weighted by Crippen LogP contribution is -2.42. The molecule has 0 bridgehead atoms. The van der Waals surface area contributed by atoms with Crippen LogP contribution in [0.15, 0.2) is 18.2 Å². The molecule has 0 aliphatic rings. The number of carbonyl (C=O) groups excluding carboxylic acids is 1. The van der Waals surface area contributed by atoms with E-state index in [0.29, 0.717) is 15.0 Å². The number of hydrogen-bond acceptors (Lipinski definition) is 2. The third-order valence-corrected chi connectivity index (χ3v) is 3.48. The summed E-state index contributed by atoms with van der Waals surface area (Å²) >= 11 is 16.6. The van der Waals surface area contributed by atoms with Crippen LogP contribution in [0.5, 0.6) is 0 Å². The van der Waals surface area contributed by atoms with Gasteiger partial charge in [-0.2, -0.15) is 0 Å². The summed E-state index contributed by atoms with van der Waals surface area (Å²) in [5, 5.41) is 0.916. The Morgan fingerprint density at radius 3 is 2.47 bits per heavy atom. The SMILES string of the molecule is CC(C)N(CC(N)=S)C(=O)Cc1ccc(Cl)c(Cl)c1. The largest absolute Gasteiger partial charge is 0.392 e. The number of nitrogens with zero attached hydrogens (tertiary/aromatic N) is 1. The molecular formula is C13H16Cl2N2OS. The van der Waals surface area contributed by atoms with Gasteiger partial charge in [0, 0.05) is 6.04 Å². The normalized spacial score (nSPS) is 10.6. The quantitative estimate of drug-likeness (QED) is 0.849. The van der Waals surface area contributed by atoms with Gasteiger partial charge in [0.15, 0.2) is 0 Å². The monoisotopic (exact) mass is 318 g/mol. The molecule has 6 heteroatoms. The summed E-state index contributed by atoms with van der Waals surface area (Å²) in [5.41, 5.74) is 6.32. The molecule has 0 spiro atoms. The molecule has 19 heavy (non-hydrogen) atoms. The van der Waals surface area contributed by atoms with Crippen LogP contribution >= 0.6 is 35.4 Å². The highest BCUT2D eigenvalue weighted by molar-refractivity contribution is 7.80. The highest BCUT2D eigenvalue weighted by atomic mass is 35.5. The van der Waals surface area contributed by atoms with E-state index < -0.39 is 0 Å². The molecule has 0 aromatic heterocycles. The molecule has 0 heterocycles. The van der Waals surface area contributed by atoms with Crippen LogP contribution < -0.4 is 5.73 Å². The predicted octanol–water partition coefficient (Wildman–Crippen LogP) is 3.06. The summed E-state index contributed by atoms with van der Waals surface area (Å²) in [7, 11) is 0. The molecular weight excluding hydrogens is 303 g/mol. The zero-order valence-electron chi connectivity index (χ0n) is 10.8. The Balaban J connectivity index is 2.81. The first-order valence-electron chi connectivity index (χ1n) is 5.83. The molecule has 0 aliphatic carbocycles. The van der Waals surface area contributed by atoms with Crippen LogP contribution in [0.4, 0.5) is 0 Å². The van der Waals surface area contributed by atoms with E-state index in [2.05, 4.69) is 0 Å². The lowest BCUT2D eigenvalue weighted by atomic mass is 10.1. The molecule has 0 unspecified atom stereocenters. The van der Waals surface area contributed by atoms with Crippen molar-refractivity contribution in [1.82, 2.24) is 4.90 Å². The van der Waals surface area contributed by atoms with Crippen molar-refractivity contribution in [3.8, 4) is 0 Å². The third kappa shape index (κ3) is 4.97. The molecule has 0 fully saturated rings. The molecule has 104 valence electrons. The van der Waals surface area contributed by atoms with Gasteiger partial charge < -0.3 is 10.6 Å². The number of halogens is 2. The molecule has 0 atom stereocenters. The molecule has 3 nitrogen and oxygen atoms in total. The van der Waals surface area contributed by atoms with E-state index in [1.165, 1.54) is 0 Å². The van der Waals surface area contributed by atoms with Crippen LogP contribution in [0.1, 0.15) is 19.4 Å². The summed E-state index contributed by atoms with van der Waals surface area (Å²) in [6.07, 6.45) is 0.248. The molecule has 1 aromatic carbocycles. The Labute approximate surface area is 128 Å². The van der Waals surface area contributed by atoms with Crippen LogP contribution in [0.25, 0.3) is 0 Å². The van der Waals surface area contributed by atoms with E-state index in [1.807, 2.05) is 13.8 Å². The van der Waals surface area contributed by atoms with Crippen LogP contribution in [0.2, 0.25) is 10.0 Å². The number of hydrogen-bond donors (Lipinski definition) is 1. The van der Waals surface area contributed by atoms with Crippen molar-refractivity contribution in [3.63, 3.8) is 0 Å². The smallest absolute Gasteiger partial charge is 0.227 e. The lowest BCUT2D eigenvalue weighted by Gasteiger charge is -2.26. The summed E-state index contributed by atoms with van der Waals surface area (Å²) in [4.78, 5) is 14.2. The van der Waals surface area contributed by atoms with E-state index in [-0.39, 0.29) is 24.9 Å². The van der Waals surface area contributed by atoms with Crippen molar-refractivity contribution in [1.29, 1.82) is 0 Å². The first-order valence-corrected chi connectivity index (χ1v) is 6.99. The molecule has 2 N–H and O–H groups in total. The molecule has 0 radical (unpaired) electrons. The number of carbonyl (C=O) groups is 1. The van der Waals surface area contributed by atoms with Gasteiger partial charge in [-0.05, 0) is 31.5 Å². The Morgan fingerprint density at radius 2 is 2.00 bits per heavy atom. The fourth-order valence-corrected chi connectivity index (χ4v) is 2.11. The van der Waals surface area contributed by atoms with Crippen molar-refractivity contribution >= 4 is 46.3 Å².